The highest BCUT2D eigenvalue weighted by atomic mass is 35.5. The zero-order chi connectivity index (χ0) is 14.6. The zero-order valence-corrected chi connectivity index (χ0v) is 12.5. The van der Waals surface area contributed by atoms with E-state index < -0.39 is 0 Å². The molecule has 20 heavy (non-hydrogen) atoms. The summed E-state index contributed by atoms with van der Waals surface area (Å²) in [6, 6.07) is 3.24. The molecule has 2 rings (SSSR count). The number of nitrogens with two attached hydrogens (primary N) is 1. The van der Waals surface area contributed by atoms with E-state index >= 15 is 0 Å². The quantitative estimate of drug-likeness (QED) is 0.576. The highest BCUT2D eigenvalue weighted by Gasteiger charge is 2.32. The van der Waals surface area contributed by atoms with E-state index in [1.807, 2.05) is 0 Å². The number of anilines is 1. The summed E-state index contributed by atoms with van der Waals surface area (Å²) in [4.78, 5) is 16.3. The van der Waals surface area contributed by atoms with E-state index in [2.05, 4.69) is 22.7 Å². The number of nitrogens with one attached hydrogen (secondary N) is 2. The molecule has 1 aliphatic carbocycles. The SMILES string of the molecule is CCC1(CNC(=O)c2nc(NN)ccc2Cl)CCCC1. The predicted octanol–water partition coefficient (Wildman–Crippen LogP) is 2.72. The van der Waals surface area contributed by atoms with Crippen molar-refractivity contribution < 1.29 is 4.79 Å². The molecule has 0 saturated heterocycles. The molecule has 1 aromatic heterocycles. The van der Waals surface area contributed by atoms with Crippen LogP contribution in [0, 0.1) is 5.41 Å². The first kappa shape index (κ1) is 15.1. The molecule has 0 radical (unpaired) electrons. The predicted molar refractivity (Wildman–Crippen MR) is 80.6 cm³/mol. The van der Waals surface area contributed by atoms with Gasteiger partial charge in [-0.2, -0.15) is 0 Å². The van der Waals surface area contributed by atoms with Gasteiger partial charge in [0.25, 0.3) is 5.91 Å². The highest BCUT2D eigenvalue weighted by Crippen LogP contribution is 2.40. The van der Waals surface area contributed by atoms with Gasteiger partial charge in [-0.05, 0) is 36.8 Å². The fourth-order valence-electron chi connectivity index (χ4n) is 2.81. The maximum atomic E-state index is 12.2. The van der Waals surface area contributed by atoms with Crippen molar-refractivity contribution in [3.8, 4) is 0 Å². The molecular weight excluding hydrogens is 276 g/mol. The Hall–Kier alpha value is -1.33. The van der Waals surface area contributed by atoms with E-state index in [1.165, 1.54) is 25.7 Å². The number of pyridine rings is 1. The van der Waals surface area contributed by atoms with E-state index in [-0.39, 0.29) is 17.0 Å². The smallest absolute Gasteiger partial charge is 0.271 e. The summed E-state index contributed by atoms with van der Waals surface area (Å²) in [5.41, 5.74) is 2.87. The molecule has 0 atom stereocenters. The van der Waals surface area contributed by atoms with Gasteiger partial charge in [-0.1, -0.05) is 31.4 Å². The molecule has 6 heteroatoms. The minimum atomic E-state index is -0.244. The first-order valence-electron chi connectivity index (χ1n) is 7.01. The largest absolute Gasteiger partial charge is 0.350 e. The lowest BCUT2D eigenvalue weighted by Crippen LogP contribution is -2.36. The Morgan fingerprint density at radius 3 is 2.75 bits per heavy atom. The Labute approximate surface area is 124 Å². The van der Waals surface area contributed by atoms with Crippen LogP contribution in [0.5, 0.6) is 0 Å². The summed E-state index contributed by atoms with van der Waals surface area (Å²) in [6.45, 7) is 2.86. The normalized spacial score (nSPS) is 16.9. The van der Waals surface area contributed by atoms with Crippen molar-refractivity contribution in [2.75, 3.05) is 12.0 Å². The molecule has 0 bridgehead atoms. The van der Waals surface area contributed by atoms with Crippen LogP contribution in [-0.4, -0.2) is 17.4 Å². The maximum absolute atomic E-state index is 12.2. The molecule has 0 aromatic carbocycles. The third-order valence-corrected chi connectivity index (χ3v) is 4.55. The van der Waals surface area contributed by atoms with Gasteiger partial charge in [0.1, 0.15) is 11.5 Å². The minimum Gasteiger partial charge on any atom is -0.350 e. The molecule has 110 valence electrons. The second-order valence-electron chi connectivity index (χ2n) is 5.41. The topological polar surface area (TPSA) is 80.0 Å². The molecular formula is C14H21ClN4O. The van der Waals surface area contributed by atoms with Crippen LogP contribution in [0.1, 0.15) is 49.5 Å². The lowest BCUT2D eigenvalue weighted by molar-refractivity contribution is 0.0924. The third-order valence-electron chi connectivity index (χ3n) is 4.25. The summed E-state index contributed by atoms with van der Waals surface area (Å²) in [5, 5.41) is 3.30. The third kappa shape index (κ3) is 3.22. The van der Waals surface area contributed by atoms with Gasteiger partial charge in [0.15, 0.2) is 0 Å². The molecule has 1 aliphatic rings. The fraction of sp³-hybridized carbons (Fsp3) is 0.571. The Kier molecular flexibility index (Phi) is 4.83. The van der Waals surface area contributed by atoms with Crippen LogP contribution in [-0.2, 0) is 0 Å². The standard InChI is InChI=1S/C14H21ClN4O/c1-2-14(7-3-4-8-14)9-17-13(20)12-10(15)5-6-11(18-12)19-16/h5-6H,2-4,7-9,16H2,1H3,(H,17,20)(H,18,19). The monoisotopic (exact) mass is 296 g/mol. The number of hydrogen-bond acceptors (Lipinski definition) is 4. The molecule has 1 amide bonds. The van der Waals surface area contributed by atoms with Crippen LogP contribution in [0.25, 0.3) is 0 Å². The van der Waals surface area contributed by atoms with Crippen LogP contribution in [0.3, 0.4) is 0 Å². The number of hydrogen-bond donors (Lipinski definition) is 3. The molecule has 0 spiro atoms. The Balaban J connectivity index is 2.04. The Bertz CT molecular complexity index is 486. The van der Waals surface area contributed by atoms with E-state index in [1.54, 1.807) is 12.1 Å². The number of carbonyl (C=O) groups excluding carboxylic acids is 1. The van der Waals surface area contributed by atoms with Crippen LogP contribution in [0.4, 0.5) is 5.82 Å². The number of halogens is 1. The van der Waals surface area contributed by atoms with Crippen LogP contribution < -0.4 is 16.6 Å². The van der Waals surface area contributed by atoms with Crippen molar-refractivity contribution in [2.24, 2.45) is 11.3 Å². The summed E-state index contributed by atoms with van der Waals surface area (Å²) < 4.78 is 0. The van der Waals surface area contributed by atoms with Gasteiger partial charge in [0, 0.05) is 6.54 Å². The minimum absolute atomic E-state index is 0.214. The van der Waals surface area contributed by atoms with Gasteiger partial charge < -0.3 is 10.7 Å². The summed E-state index contributed by atoms with van der Waals surface area (Å²) in [5.74, 6) is 5.48. The second-order valence-corrected chi connectivity index (χ2v) is 5.82. The average molecular weight is 297 g/mol. The summed E-state index contributed by atoms with van der Waals surface area (Å²) in [7, 11) is 0. The first-order valence-corrected chi connectivity index (χ1v) is 7.39. The lowest BCUT2D eigenvalue weighted by atomic mass is 9.83. The fourth-order valence-corrected chi connectivity index (χ4v) is 3.00. The molecule has 1 fully saturated rings. The lowest BCUT2D eigenvalue weighted by Gasteiger charge is -2.27. The van der Waals surface area contributed by atoms with Gasteiger partial charge in [-0.25, -0.2) is 10.8 Å². The van der Waals surface area contributed by atoms with E-state index in [0.717, 1.165) is 6.42 Å². The number of carbonyl (C=O) groups is 1. The number of rotatable bonds is 5. The Morgan fingerprint density at radius 2 is 2.15 bits per heavy atom. The number of amides is 1. The van der Waals surface area contributed by atoms with E-state index in [0.29, 0.717) is 17.4 Å². The molecule has 4 N–H and O–H groups in total. The van der Waals surface area contributed by atoms with Gasteiger partial charge in [0.2, 0.25) is 0 Å². The number of aromatic nitrogens is 1. The van der Waals surface area contributed by atoms with Gasteiger partial charge in [-0.3, -0.25) is 4.79 Å². The van der Waals surface area contributed by atoms with Crippen LogP contribution in [0.2, 0.25) is 5.02 Å². The molecule has 1 aromatic rings. The molecule has 1 heterocycles. The number of hydrazine groups is 1. The molecule has 1 saturated carbocycles. The summed E-state index contributed by atoms with van der Waals surface area (Å²) >= 11 is 6.02. The summed E-state index contributed by atoms with van der Waals surface area (Å²) in [6.07, 6.45) is 5.92. The van der Waals surface area contributed by atoms with Gasteiger partial charge in [-0.15, -0.1) is 0 Å². The zero-order valence-electron chi connectivity index (χ0n) is 11.7. The van der Waals surface area contributed by atoms with Crippen molar-refractivity contribution >= 4 is 23.3 Å². The van der Waals surface area contributed by atoms with Crippen molar-refractivity contribution in [1.82, 2.24) is 10.3 Å². The van der Waals surface area contributed by atoms with Crippen LogP contribution in [0.15, 0.2) is 12.1 Å². The van der Waals surface area contributed by atoms with Crippen molar-refractivity contribution in [2.45, 2.75) is 39.0 Å². The molecule has 5 nitrogen and oxygen atoms in total. The van der Waals surface area contributed by atoms with Crippen molar-refractivity contribution in [3.05, 3.63) is 22.8 Å². The average Bonchev–Trinajstić information content (AvgIpc) is 2.95. The van der Waals surface area contributed by atoms with Crippen LogP contribution >= 0.6 is 11.6 Å². The van der Waals surface area contributed by atoms with E-state index in [4.69, 9.17) is 17.4 Å². The van der Waals surface area contributed by atoms with Gasteiger partial charge in [0.05, 0.1) is 5.02 Å². The van der Waals surface area contributed by atoms with Crippen molar-refractivity contribution in [3.63, 3.8) is 0 Å². The van der Waals surface area contributed by atoms with Crippen molar-refractivity contribution in [1.29, 1.82) is 0 Å². The highest BCUT2D eigenvalue weighted by molar-refractivity contribution is 6.33. The van der Waals surface area contributed by atoms with E-state index in [9.17, 15) is 4.79 Å². The maximum Gasteiger partial charge on any atom is 0.271 e. The second kappa shape index (κ2) is 6.41. The molecule has 0 aliphatic heterocycles. The van der Waals surface area contributed by atoms with Gasteiger partial charge >= 0.3 is 0 Å². The molecule has 0 unspecified atom stereocenters. The number of nitrogen functional groups attached to an aromatic ring is 1. The Morgan fingerprint density at radius 1 is 1.45 bits per heavy atom. The number of nitrogens with zero attached hydrogens (tertiary/aromatic N) is 1. The first-order chi connectivity index (χ1) is 9.60.